The summed E-state index contributed by atoms with van der Waals surface area (Å²) in [6, 6.07) is 2.39. The molecule has 3 heteroatoms. The topological polar surface area (TPSA) is 39.1 Å². The first kappa shape index (κ1) is 9.50. The number of likely N-dealkylation sites (N-methyl/N-ethyl adjacent to an activating group) is 1. The zero-order chi connectivity index (χ0) is 9.03. The van der Waals surface area contributed by atoms with E-state index in [4.69, 9.17) is 5.26 Å². The Hall–Kier alpha value is -0.590. The van der Waals surface area contributed by atoms with Gasteiger partial charge in [-0.1, -0.05) is 6.92 Å². The van der Waals surface area contributed by atoms with Crippen molar-refractivity contribution in [2.24, 2.45) is 0 Å². The summed E-state index contributed by atoms with van der Waals surface area (Å²) >= 11 is 0. The van der Waals surface area contributed by atoms with Crippen molar-refractivity contribution in [1.82, 2.24) is 10.2 Å². The van der Waals surface area contributed by atoms with Crippen LogP contribution >= 0.6 is 0 Å². The van der Waals surface area contributed by atoms with E-state index in [1.165, 1.54) is 0 Å². The SMILES string of the molecule is CCCNC1(C#N)CCN(C)C1. The highest BCUT2D eigenvalue weighted by Gasteiger charge is 2.35. The number of likely N-dealkylation sites (tertiary alicyclic amines) is 1. The Balaban J connectivity index is 2.48. The summed E-state index contributed by atoms with van der Waals surface area (Å²) in [4.78, 5) is 2.20. The van der Waals surface area contributed by atoms with Gasteiger partial charge in [-0.15, -0.1) is 0 Å². The first-order valence-corrected chi connectivity index (χ1v) is 4.57. The van der Waals surface area contributed by atoms with Gasteiger partial charge in [-0.2, -0.15) is 5.26 Å². The molecule has 0 radical (unpaired) electrons. The summed E-state index contributed by atoms with van der Waals surface area (Å²) in [6.45, 7) is 4.96. The average Bonchev–Trinajstić information content (AvgIpc) is 2.45. The van der Waals surface area contributed by atoms with Crippen LogP contribution < -0.4 is 5.32 Å². The zero-order valence-corrected chi connectivity index (χ0v) is 7.93. The fourth-order valence-corrected chi connectivity index (χ4v) is 1.64. The first-order valence-electron chi connectivity index (χ1n) is 4.57. The Labute approximate surface area is 74.4 Å². The van der Waals surface area contributed by atoms with Gasteiger partial charge in [-0.05, 0) is 26.4 Å². The molecule has 1 atom stereocenters. The lowest BCUT2D eigenvalue weighted by molar-refractivity contribution is 0.365. The van der Waals surface area contributed by atoms with Gasteiger partial charge >= 0.3 is 0 Å². The third-order valence-corrected chi connectivity index (χ3v) is 2.39. The Morgan fingerprint density at radius 3 is 2.83 bits per heavy atom. The highest BCUT2D eigenvalue weighted by Crippen LogP contribution is 2.18. The molecule has 1 saturated heterocycles. The summed E-state index contributed by atoms with van der Waals surface area (Å²) in [5, 5.41) is 12.3. The first-order chi connectivity index (χ1) is 5.72. The van der Waals surface area contributed by atoms with E-state index in [2.05, 4.69) is 30.3 Å². The molecule has 1 N–H and O–H groups in total. The third kappa shape index (κ3) is 1.96. The number of rotatable bonds is 3. The number of nitrogens with zero attached hydrogens (tertiary/aromatic N) is 2. The summed E-state index contributed by atoms with van der Waals surface area (Å²) in [5.41, 5.74) is -0.259. The van der Waals surface area contributed by atoms with E-state index in [9.17, 15) is 0 Å². The minimum atomic E-state index is -0.259. The Morgan fingerprint density at radius 1 is 1.67 bits per heavy atom. The molecule has 1 unspecified atom stereocenters. The number of hydrogen-bond donors (Lipinski definition) is 1. The molecule has 68 valence electrons. The second kappa shape index (κ2) is 3.88. The lowest BCUT2D eigenvalue weighted by atomic mass is 10.0. The van der Waals surface area contributed by atoms with E-state index in [1.54, 1.807) is 0 Å². The molecule has 1 heterocycles. The van der Waals surface area contributed by atoms with Crippen LogP contribution in [0.1, 0.15) is 19.8 Å². The Kier molecular flexibility index (Phi) is 3.07. The molecule has 0 aromatic rings. The molecule has 1 aliphatic rings. The fourth-order valence-electron chi connectivity index (χ4n) is 1.64. The van der Waals surface area contributed by atoms with Crippen LogP contribution in [0.2, 0.25) is 0 Å². The molecule has 0 saturated carbocycles. The van der Waals surface area contributed by atoms with Crippen molar-refractivity contribution in [3.8, 4) is 6.07 Å². The van der Waals surface area contributed by atoms with Crippen LogP contribution in [0.5, 0.6) is 0 Å². The number of hydrogen-bond acceptors (Lipinski definition) is 3. The Morgan fingerprint density at radius 2 is 2.42 bits per heavy atom. The van der Waals surface area contributed by atoms with Gasteiger partial charge in [0.25, 0.3) is 0 Å². The van der Waals surface area contributed by atoms with E-state index >= 15 is 0 Å². The molecule has 3 nitrogen and oxygen atoms in total. The molecule has 12 heavy (non-hydrogen) atoms. The summed E-state index contributed by atoms with van der Waals surface area (Å²) < 4.78 is 0. The number of nitriles is 1. The normalized spacial score (nSPS) is 30.4. The predicted molar refractivity (Wildman–Crippen MR) is 48.8 cm³/mol. The van der Waals surface area contributed by atoms with Gasteiger partial charge in [-0.3, -0.25) is 5.32 Å². The molecule has 0 bridgehead atoms. The van der Waals surface area contributed by atoms with Crippen LogP contribution in [-0.4, -0.2) is 37.1 Å². The predicted octanol–water partition coefficient (Wildman–Crippen LogP) is 0.584. The monoisotopic (exact) mass is 167 g/mol. The standard InChI is InChI=1S/C9H17N3/c1-3-5-11-9(7-10)4-6-12(2)8-9/h11H,3-6,8H2,1-2H3. The van der Waals surface area contributed by atoms with Crippen molar-refractivity contribution in [1.29, 1.82) is 5.26 Å². The molecular formula is C9H17N3. The van der Waals surface area contributed by atoms with Crippen molar-refractivity contribution in [3.05, 3.63) is 0 Å². The minimum absolute atomic E-state index is 0.259. The molecule has 1 aliphatic heterocycles. The molecule has 0 spiro atoms. The summed E-state index contributed by atoms with van der Waals surface area (Å²) in [6.07, 6.45) is 2.05. The van der Waals surface area contributed by atoms with Crippen molar-refractivity contribution in [3.63, 3.8) is 0 Å². The molecule has 0 aliphatic carbocycles. The van der Waals surface area contributed by atoms with Gasteiger partial charge < -0.3 is 4.90 Å². The maximum absolute atomic E-state index is 9.02. The molecule has 0 aromatic heterocycles. The van der Waals surface area contributed by atoms with Crippen molar-refractivity contribution in [2.45, 2.75) is 25.3 Å². The lowest BCUT2D eigenvalue weighted by Gasteiger charge is -2.21. The van der Waals surface area contributed by atoms with E-state index in [1.807, 2.05) is 0 Å². The van der Waals surface area contributed by atoms with Gasteiger partial charge in [0.1, 0.15) is 5.54 Å². The highest BCUT2D eigenvalue weighted by atomic mass is 15.2. The van der Waals surface area contributed by atoms with Crippen LogP contribution in [0.3, 0.4) is 0 Å². The van der Waals surface area contributed by atoms with Crippen molar-refractivity contribution < 1.29 is 0 Å². The van der Waals surface area contributed by atoms with Gasteiger partial charge in [-0.25, -0.2) is 0 Å². The Bertz CT molecular complexity index is 185. The molecule has 1 rings (SSSR count). The third-order valence-electron chi connectivity index (χ3n) is 2.39. The van der Waals surface area contributed by atoms with Gasteiger partial charge in [0.15, 0.2) is 0 Å². The largest absolute Gasteiger partial charge is 0.303 e. The number of nitrogens with one attached hydrogen (secondary N) is 1. The zero-order valence-electron chi connectivity index (χ0n) is 7.93. The molecule has 1 fully saturated rings. The maximum atomic E-state index is 9.02. The highest BCUT2D eigenvalue weighted by molar-refractivity contribution is 5.12. The van der Waals surface area contributed by atoms with Gasteiger partial charge in [0.2, 0.25) is 0 Å². The smallest absolute Gasteiger partial charge is 0.120 e. The van der Waals surface area contributed by atoms with E-state index in [0.29, 0.717) is 0 Å². The molecule has 0 aromatic carbocycles. The minimum Gasteiger partial charge on any atom is -0.303 e. The van der Waals surface area contributed by atoms with Gasteiger partial charge in [0.05, 0.1) is 6.07 Å². The van der Waals surface area contributed by atoms with Crippen LogP contribution in [0.4, 0.5) is 0 Å². The quantitative estimate of drug-likeness (QED) is 0.668. The second-order valence-electron chi connectivity index (χ2n) is 3.61. The van der Waals surface area contributed by atoms with E-state index < -0.39 is 0 Å². The lowest BCUT2D eigenvalue weighted by Crippen LogP contribution is -2.46. The van der Waals surface area contributed by atoms with Crippen molar-refractivity contribution in [2.75, 3.05) is 26.7 Å². The van der Waals surface area contributed by atoms with E-state index in [0.717, 1.165) is 32.5 Å². The van der Waals surface area contributed by atoms with Crippen LogP contribution in [0.25, 0.3) is 0 Å². The summed E-state index contributed by atoms with van der Waals surface area (Å²) in [5.74, 6) is 0. The fraction of sp³-hybridized carbons (Fsp3) is 0.889. The van der Waals surface area contributed by atoms with Gasteiger partial charge in [0, 0.05) is 13.1 Å². The summed E-state index contributed by atoms with van der Waals surface area (Å²) in [7, 11) is 2.06. The molecular weight excluding hydrogens is 150 g/mol. The van der Waals surface area contributed by atoms with E-state index in [-0.39, 0.29) is 5.54 Å². The van der Waals surface area contributed by atoms with Crippen LogP contribution in [0.15, 0.2) is 0 Å². The van der Waals surface area contributed by atoms with Crippen molar-refractivity contribution >= 4 is 0 Å². The molecule has 0 amide bonds. The van der Waals surface area contributed by atoms with Crippen LogP contribution in [0, 0.1) is 11.3 Å². The second-order valence-corrected chi connectivity index (χ2v) is 3.61. The van der Waals surface area contributed by atoms with Crippen LogP contribution in [-0.2, 0) is 0 Å². The maximum Gasteiger partial charge on any atom is 0.120 e. The average molecular weight is 167 g/mol.